The first kappa shape index (κ1) is 24.1. The minimum Gasteiger partial charge on any atom is -0.399 e. The summed E-state index contributed by atoms with van der Waals surface area (Å²) in [5.74, 6) is 0. The SMILES string of the molecule is CC1(C)OB(c2ccccc2-c2ccccc2-c2ccc3c4ccccc4c4ccccc4c3c2)OC1(C)C. The van der Waals surface area contributed by atoms with E-state index >= 15 is 0 Å². The van der Waals surface area contributed by atoms with Crippen LogP contribution in [0.15, 0.2) is 115 Å². The van der Waals surface area contributed by atoms with Crippen LogP contribution in [-0.2, 0) is 9.31 Å². The summed E-state index contributed by atoms with van der Waals surface area (Å²) < 4.78 is 13.0. The van der Waals surface area contributed by atoms with Gasteiger partial charge in [-0.15, -0.1) is 0 Å². The molecule has 0 radical (unpaired) electrons. The summed E-state index contributed by atoms with van der Waals surface area (Å²) in [6.45, 7) is 8.42. The predicted molar refractivity (Wildman–Crippen MR) is 166 cm³/mol. The molecule has 1 heterocycles. The van der Waals surface area contributed by atoms with E-state index in [4.69, 9.17) is 9.31 Å². The van der Waals surface area contributed by atoms with Gasteiger partial charge in [0, 0.05) is 0 Å². The zero-order chi connectivity index (χ0) is 26.8. The number of hydrogen-bond donors (Lipinski definition) is 0. The fourth-order valence-corrected chi connectivity index (χ4v) is 5.96. The third-order valence-corrected chi connectivity index (χ3v) is 8.74. The molecule has 0 spiro atoms. The van der Waals surface area contributed by atoms with Crippen LogP contribution in [0, 0.1) is 0 Å². The Labute approximate surface area is 230 Å². The molecule has 3 heteroatoms. The molecule has 6 aromatic rings. The summed E-state index contributed by atoms with van der Waals surface area (Å²) in [5, 5.41) is 7.71. The first-order valence-electron chi connectivity index (χ1n) is 13.7. The number of hydrogen-bond acceptors (Lipinski definition) is 2. The van der Waals surface area contributed by atoms with Crippen molar-refractivity contribution in [1.29, 1.82) is 0 Å². The van der Waals surface area contributed by atoms with Gasteiger partial charge in [0.1, 0.15) is 0 Å². The Morgan fingerprint density at radius 1 is 0.436 bits per heavy atom. The summed E-state index contributed by atoms with van der Waals surface area (Å²) in [5.41, 5.74) is 4.96. The Balaban J connectivity index is 1.43. The Kier molecular flexibility index (Phi) is 5.45. The second-order valence-corrected chi connectivity index (χ2v) is 11.6. The van der Waals surface area contributed by atoms with Gasteiger partial charge in [0.15, 0.2) is 0 Å². The van der Waals surface area contributed by atoms with Crippen molar-refractivity contribution in [3.63, 3.8) is 0 Å². The van der Waals surface area contributed by atoms with Crippen LogP contribution in [0.4, 0.5) is 0 Å². The molecule has 0 aromatic heterocycles. The Bertz CT molecular complexity index is 1830. The lowest BCUT2D eigenvalue weighted by molar-refractivity contribution is 0.00578. The zero-order valence-electron chi connectivity index (χ0n) is 22.9. The lowest BCUT2D eigenvalue weighted by Crippen LogP contribution is -2.41. The molecule has 1 fully saturated rings. The van der Waals surface area contributed by atoms with Gasteiger partial charge in [0.2, 0.25) is 0 Å². The standard InChI is InChI=1S/C36H31BO2/c1-35(2)36(3,4)39-37(38-35)34-20-12-11-19-32(34)26-14-6-5-13-25(26)24-21-22-31-29-17-8-7-15-27(29)28-16-9-10-18-30(28)33(31)23-24/h5-23H,1-4H3. The minimum atomic E-state index is -0.425. The lowest BCUT2D eigenvalue weighted by atomic mass is 9.73. The number of benzene rings is 6. The third-order valence-electron chi connectivity index (χ3n) is 8.74. The fraction of sp³-hybridized carbons (Fsp3) is 0.167. The average Bonchev–Trinajstić information content (AvgIpc) is 3.19. The van der Waals surface area contributed by atoms with Gasteiger partial charge >= 0.3 is 7.12 Å². The topological polar surface area (TPSA) is 18.5 Å². The van der Waals surface area contributed by atoms with Crippen LogP contribution in [0.1, 0.15) is 27.7 Å². The molecular formula is C36H31BO2. The average molecular weight is 506 g/mol. The molecule has 1 saturated heterocycles. The van der Waals surface area contributed by atoms with Gasteiger partial charge in [-0.05, 0) is 93.8 Å². The minimum absolute atomic E-state index is 0.396. The summed E-state index contributed by atoms with van der Waals surface area (Å²) >= 11 is 0. The van der Waals surface area contributed by atoms with Gasteiger partial charge in [-0.25, -0.2) is 0 Å². The first-order valence-corrected chi connectivity index (χ1v) is 13.7. The van der Waals surface area contributed by atoms with Crippen LogP contribution in [-0.4, -0.2) is 18.3 Å². The van der Waals surface area contributed by atoms with Crippen LogP contribution >= 0.6 is 0 Å². The molecule has 1 aliphatic heterocycles. The van der Waals surface area contributed by atoms with E-state index in [9.17, 15) is 0 Å². The van der Waals surface area contributed by atoms with Crippen LogP contribution in [0.25, 0.3) is 54.6 Å². The molecule has 1 aliphatic rings. The van der Waals surface area contributed by atoms with Gasteiger partial charge in [-0.2, -0.15) is 0 Å². The van der Waals surface area contributed by atoms with Crippen LogP contribution < -0.4 is 5.46 Å². The summed E-state index contributed by atoms with van der Waals surface area (Å²) in [7, 11) is -0.425. The Morgan fingerprint density at radius 3 is 1.46 bits per heavy atom. The molecule has 0 bridgehead atoms. The summed E-state index contributed by atoms with van der Waals surface area (Å²) in [6.07, 6.45) is 0. The van der Waals surface area contributed by atoms with Crippen molar-refractivity contribution in [2.45, 2.75) is 38.9 Å². The fourth-order valence-electron chi connectivity index (χ4n) is 5.96. The molecule has 0 amide bonds. The lowest BCUT2D eigenvalue weighted by Gasteiger charge is -2.32. The largest absolute Gasteiger partial charge is 0.495 e. The van der Waals surface area contributed by atoms with Crippen molar-refractivity contribution in [2.24, 2.45) is 0 Å². The van der Waals surface area contributed by atoms with E-state index in [1.165, 1.54) is 49.0 Å². The smallest absolute Gasteiger partial charge is 0.399 e. The molecule has 190 valence electrons. The van der Waals surface area contributed by atoms with Crippen molar-refractivity contribution in [3.05, 3.63) is 115 Å². The predicted octanol–water partition coefficient (Wildman–Crippen LogP) is 8.78. The highest BCUT2D eigenvalue weighted by Crippen LogP contribution is 2.40. The van der Waals surface area contributed by atoms with Gasteiger partial charge in [-0.1, -0.05) is 109 Å². The maximum atomic E-state index is 6.48. The Hall–Kier alpha value is -3.92. The normalized spacial score (nSPS) is 16.4. The van der Waals surface area contributed by atoms with E-state index < -0.39 is 18.3 Å². The molecule has 0 saturated carbocycles. The highest BCUT2D eigenvalue weighted by molar-refractivity contribution is 6.64. The van der Waals surface area contributed by atoms with Gasteiger partial charge in [0.05, 0.1) is 11.2 Å². The van der Waals surface area contributed by atoms with Gasteiger partial charge in [-0.3, -0.25) is 0 Å². The van der Waals surface area contributed by atoms with E-state index in [0.29, 0.717) is 0 Å². The molecule has 6 aromatic carbocycles. The summed E-state index contributed by atoms with van der Waals surface area (Å²) in [6, 6.07) is 41.5. The molecule has 0 aliphatic carbocycles. The van der Waals surface area contributed by atoms with Crippen molar-refractivity contribution in [2.75, 3.05) is 0 Å². The van der Waals surface area contributed by atoms with E-state index in [1.807, 2.05) is 0 Å². The van der Waals surface area contributed by atoms with E-state index in [2.05, 4.69) is 143 Å². The van der Waals surface area contributed by atoms with Crippen molar-refractivity contribution < 1.29 is 9.31 Å². The molecule has 0 N–H and O–H groups in total. The number of fused-ring (bicyclic) bond motifs is 6. The van der Waals surface area contributed by atoms with E-state index in [1.54, 1.807) is 0 Å². The van der Waals surface area contributed by atoms with Crippen LogP contribution in [0.2, 0.25) is 0 Å². The van der Waals surface area contributed by atoms with Crippen molar-refractivity contribution >= 4 is 44.9 Å². The zero-order valence-corrected chi connectivity index (χ0v) is 22.9. The maximum absolute atomic E-state index is 6.48. The number of rotatable bonds is 3. The monoisotopic (exact) mass is 506 g/mol. The van der Waals surface area contributed by atoms with Gasteiger partial charge in [0.25, 0.3) is 0 Å². The van der Waals surface area contributed by atoms with Crippen LogP contribution in [0.3, 0.4) is 0 Å². The second-order valence-electron chi connectivity index (χ2n) is 11.6. The van der Waals surface area contributed by atoms with E-state index in [-0.39, 0.29) is 0 Å². The van der Waals surface area contributed by atoms with E-state index in [0.717, 1.165) is 11.0 Å². The Morgan fingerprint density at radius 2 is 0.872 bits per heavy atom. The first-order chi connectivity index (χ1) is 18.8. The van der Waals surface area contributed by atoms with Crippen LogP contribution in [0.5, 0.6) is 0 Å². The van der Waals surface area contributed by atoms with Crippen molar-refractivity contribution in [1.82, 2.24) is 0 Å². The third kappa shape index (κ3) is 3.80. The molecule has 0 unspecified atom stereocenters. The quantitative estimate of drug-likeness (QED) is 0.176. The molecule has 7 rings (SSSR count). The summed E-state index contributed by atoms with van der Waals surface area (Å²) in [4.78, 5) is 0. The molecule has 0 atom stereocenters. The molecule has 39 heavy (non-hydrogen) atoms. The highest BCUT2D eigenvalue weighted by Gasteiger charge is 2.52. The second kappa shape index (κ2) is 8.81. The van der Waals surface area contributed by atoms with Gasteiger partial charge < -0.3 is 9.31 Å². The maximum Gasteiger partial charge on any atom is 0.495 e. The molecular weight excluding hydrogens is 475 g/mol. The molecule has 2 nitrogen and oxygen atoms in total. The van der Waals surface area contributed by atoms with Crippen molar-refractivity contribution in [3.8, 4) is 22.3 Å². The highest BCUT2D eigenvalue weighted by atomic mass is 16.7.